The normalized spacial score (nSPS) is 12.4. The van der Waals surface area contributed by atoms with Crippen molar-refractivity contribution in [2.75, 3.05) is 7.05 Å². The van der Waals surface area contributed by atoms with E-state index in [-0.39, 0.29) is 0 Å². The Morgan fingerprint density at radius 2 is 2.10 bits per heavy atom. The number of aromatic nitrogens is 3. The Morgan fingerprint density at radius 3 is 2.67 bits per heavy atom. The van der Waals surface area contributed by atoms with Crippen LogP contribution in [0.5, 0.6) is 0 Å². The van der Waals surface area contributed by atoms with Gasteiger partial charge in [-0.3, -0.25) is 4.79 Å². The van der Waals surface area contributed by atoms with E-state index in [4.69, 9.17) is 5.11 Å². The molecule has 0 fully saturated rings. The van der Waals surface area contributed by atoms with Gasteiger partial charge in [0.25, 0.3) is 5.91 Å². The first-order valence-corrected chi connectivity index (χ1v) is 6.68. The fourth-order valence-electron chi connectivity index (χ4n) is 2.37. The van der Waals surface area contributed by atoms with Gasteiger partial charge in [0, 0.05) is 18.4 Å². The number of carboxylic acid groups (broad SMARTS) is 1. The van der Waals surface area contributed by atoms with Crippen LogP contribution in [0, 0.1) is 13.8 Å². The van der Waals surface area contributed by atoms with Gasteiger partial charge in [-0.15, -0.1) is 0 Å². The standard InChI is InChI=1S/C14H18N4O3/c1-5-11(14(20)21)17(4)13(19)10-7-15-18-9(3)6-8(2)16-12(10)18/h6-7,11H,5H2,1-4H3,(H,20,21). The maximum Gasteiger partial charge on any atom is 0.326 e. The summed E-state index contributed by atoms with van der Waals surface area (Å²) in [4.78, 5) is 29.3. The molecule has 7 heteroatoms. The van der Waals surface area contributed by atoms with Gasteiger partial charge >= 0.3 is 5.97 Å². The maximum absolute atomic E-state index is 12.5. The molecule has 2 aromatic heterocycles. The Morgan fingerprint density at radius 1 is 1.43 bits per heavy atom. The lowest BCUT2D eigenvalue weighted by atomic mass is 10.1. The molecule has 2 rings (SSSR count). The second-order valence-corrected chi connectivity index (χ2v) is 5.01. The van der Waals surface area contributed by atoms with E-state index in [1.54, 1.807) is 11.4 Å². The maximum atomic E-state index is 12.5. The van der Waals surface area contributed by atoms with Crippen molar-refractivity contribution in [2.24, 2.45) is 0 Å². The van der Waals surface area contributed by atoms with E-state index in [1.807, 2.05) is 19.9 Å². The largest absolute Gasteiger partial charge is 0.480 e. The zero-order valence-corrected chi connectivity index (χ0v) is 12.5. The minimum atomic E-state index is -1.02. The molecule has 0 spiro atoms. The topological polar surface area (TPSA) is 87.8 Å². The quantitative estimate of drug-likeness (QED) is 0.916. The summed E-state index contributed by atoms with van der Waals surface area (Å²) in [6.07, 6.45) is 1.77. The molecule has 0 radical (unpaired) electrons. The number of hydrogen-bond donors (Lipinski definition) is 1. The van der Waals surface area contributed by atoms with Crippen LogP contribution < -0.4 is 0 Å². The predicted octanol–water partition coefficient (Wildman–Crippen LogP) is 1.28. The highest BCUT2D eigenvalue weighted by atomic mass is 16.4. The first-order chi connectivity index (χ1) is 9.86. The van der Waals surface area contributed by atoms with Gasteiger partial charge in [-0.2, -0.15) is 5.10 Å². The zero-order chi connectivity index (χ0) is 15.7. The average Bonchev–Trinajstić information content (AvgIpc) is 2.81. The number of nitrogens with zero attached hydrogens (tertiary/aromatic N) is 4. The third kappa shape index (κ3) is 2.58. The second-order valence-electron chi connectivity index (χ2n) is 5.01. The van der Waals surface area contributed by atoms with Crippen LogP contribution in [-0.4, -0.2) is 49.6 Å². The first kappa shape index (κ1) is 15.0. The van der Waals surface area contributed by atoms with Crippen LogP contribution in [0.4, 0.5) is 0 Å². The lowest BCUT2D eigenvalue weighted by Gasteiger charge is -2.23. The molecule has 0 aliphatic heterocycles. The third-order valence-electron chi connectivity index (χ3n) is 3.47. The van der Waals surface area contributed by atoms with E-state index in [9.17, 15) is 9.59 Å². The number of carbonyl (C=O) groups is 2. The van der Waals surface area contributed by atoms with E-state index in [0.717, 1.165) is 11.4 Å². The molecule has 0 aliphatic rings. The molecule has 1 amide bonds. The summed E-state index contributed by atoms with van der Waals surface area (Å²) in [5.41, 5.74) is 2.40. The van der Waals surface area contributed by atoms with Gasteiger partial charge < -0.3 is 10.0 Å². The van der Waals surface area contributed by atoms with Gasteiger partial charge in [-0.25, -0.2) is 14.3 Å². The van der Waals surface area contributed by atoms with E-state index in [2.05, 4.69) is 10.1 Å². The van der Waals surface area contributed by atoms with Gasteiger partial charge in [0.05, 0.1) is 6.20 Å². The number of likely N-dealkylation sites (N-methyl/N-ethyl adjacent to an activating group) is 1. The van der Waals surface area contributed by atoms with Crippen molar-refractivity contribution in [3.8, 4) is 0 Å². The molecule has 0 aromatic carbocycles. The molecule has 0 aliphatic carbocycles. The molecule has 0 saturated carbocycles. The molecular weight excluding hydrogens is 272 g/mol. The molecule has 112 valence electrons. The summed E-state index contributed by atoms with van der Waals surface area (Å²) in [6.45, 7) is 5.44. The van der Waals surface area contributed by atoms with E-state index < -0.39 is 17.9 Å². The molecule has 21 heavy (non-hydrogen) atoms. The van der Waals surface area contributed by atoms with Crippen LogP contribution in [0.15, 0.2) is 12.3 Å². The molecule has 2 aromatic rings. The fraction of sp³-hybridized carbons (Fsp3) is 0.429. The molecule has 0 bridgehead atoms. The van der Waals surface area contributed by atoms with E-state index >= 15 is 0 Å². The number of rotatable bonds is 4. The van der Waals surface area contributed by atoms with Gasteiger partial charge in [0.15, 0.2) is 5.65 Å². The van der Waals surface area contributed by atoms with Crippen molar-refractivity contribution in [1.82, 2.24) is 19.5 Å². The smallest absolute Gasteiger partial charge is 0.326 e. The van der Waals surface area contributed by atoms with Crippen LogP contribution in [0.1, 0.15) is 35.1 Å². The summed E-state index contributed by atoms with van der Waals surface area (Å²) in [6, 6.07) is 1.00. The summed E-state index contributed by atoms with van der Waals surface area (Å²) in [5.74, 6) is -1.41. The average molecular weight is 290 g/mol. The lowest BCUT2D eigenvalue weighted by molar-refractivity contribution is -0.142. The van der Waals surface area contributed by atoms with E-state index in [1.165, 1.54) is 18.1 Å². The lowest BCUT2D eigenvalue weighted by Crippen LogP contribution is -2.42. The molecule has 1 unspecified atom stereocenters. The second kappa shape index (κ2) is 5.51. The molecule has 1 N–H and O–H groups in total. The SMILES string of the molecule is CCC(C(=O)O)N(C)C(=O)c1cnn2c(C)cc(C)nc12. The highest BCUT2D eigenvalue weighted by molar-refractivity contribution is 6.01. The van der Waals surface area contributed by atoms with Crippen molar-refractivity contribution in [3.05, 3.63) is 29.2 Å². The number of carbonyl (C=O) groups excluding carboxylic acids is 1. The minimum Gasteiger partial charge on any atom is -0.480 e. The molecular formula is C14H18N4O3. The zero-order valence-electron chi connectivity index (χ0n) is 12.5. The highest BCUT2D eigenvalue weighted by Crippen LogP contribution is 2.15. The Bertz CT molecular complexity index is 708. The Kier molecular flexibility index (Phi) is 3.93. The third-order valence-corrected chi connectivity index (χ3v) is 3.47. The van der Waals surface area contributed by atoms with Crippen LogP contribution >= 0.6 is 0 Å². The molecule has 2 heterocycles. The van der Waals surface area contributed by atoms with Crippen molar-refractivity contribution in [1.29, 1.82) is 0 Å². The summed E-state index contributed by atoms with van der Waals surface area (Å²) < 4.78 is 1.58. The van der Waals surface area contributed by atoms with Crippen LogP contribution in [0.2, 0.25) is 0 Å². The number of carboxylic acids is 1. The number of fused-ring (bicyclic) bond motifs is 1. The molecule has 1 atom stereocenters. The monoisotopic (exact) mass is 290 g/mol. The van der Waals surface area contributed by atoms with Crippen molar-refractivity contribution < 1.29 is 14.7 Å². The van der Waals surface area contributed by atoms with Crippen LogP contribution in [0.3, 0.4) is 0 Å². The summed E-state index contributed by atoms with van der Waals surface area (Å²) in [5, 5.41) is 13.3. The first-order valence-electron chi connectivity index (χ1n) is 6.68. The predicted molar refractivity (Wildman–Crippen MR) is 76.3 cm³/mol. The Labute approximate surface area is 122 Å². The van der Waals surface area contributed by atoms with Crippen LogP contribution in [-0.2, 0) is 4.79 Å². The number of hydrogen-bond acceptors (Lipinski definition) is 4. The van der Waals surface area contributed by atoms with Gasteiger partial charge in [0.2, 0.25) is 0 Å². The Hall–Kier alpha value is -2.44. The molecule has 7 nitrogen and oxygen atoms in total. The van der Waals surface area contributed by atoms with Crippen molar-refractivity contribution in [2.45, 2.75) is 33.2 Å². The highest BCUT2D eigenvalue weighted by Gasteiger charge is 2.28. The number of aryl methyl sites for hydroxylation is 2. The van der Waals surface area contributed by atoms with Gasteiger partial charge in [-0.05, 0) is 26.3 Å². The van der Waals surface area contributed by atoms with Crippen LogP contribution in [0.25, 0.3) is 5.65 Å². The Balaban J connectivity index is 2.47. The number of aliphatic carboxylic acids is 1. The van der Waals surface area contributed by atoms with Crippen molar-refractivity contribution in [3.63, 3.8) is 0 Å². The van der Waals surface area contributed by atoms with Crippen molar-refractivity contribution >= 4 is 17.5 Å². The summed E-state index contributed by atoms with van der Waals surface area (Å²) >= 11 is 0. The fourth-order valence-corrected chi connectivity index (χ4v) is 2.37. The number of amides is 1. The summed E-state index contributed by atoms with van der Waals surface area (Å²) in [7, 11) is 1.48. The molecule has 0 saturated heterocycles. The van der Waals surface area contributed by atoms with Gasteiger partial charge in [0.1, 0.15) is 11.6 Å². The van der Waals surface area contributed by atoms with Gasteiger partial charge in [-0.1, -0.05) is 6.92 Å². The minimum absolute atomic E-state index is 0.309. The van der Waals surface area contributed by atoms with E-state index in [0.29, 0.717) is 17.6 Å².